The van der Waals surface area contributed by atoms with Gasteiger partial charge in [-0.2, -0.15) is 0 Å². The predicted octanol–water partition coefficient (Wildman–Crippen LogP) is 3.95. The van der Waals surface area contributed by atoms with Crippen LogP contribution in [0.1, 0.15) is 37.4 Å². The van der Waals surface area contributed by atoms with Gasteiger partial charge in [0.2, 0.25) is 0 Å². The zero-order valence-electron chi connectivity index (χ0n) is 19.9. The number of aryl methyl sites for hydroxylation is 1. The van der Waals surface area contributed by atoms with Crippen molar-refractivity contribution in [1.82, 2.24) is 9.47 Å². The molecular weight excluding hydrogens is 428 g/mol. The van der Waals surface area contributed by atoms with Crippen LogP contribution >= 0.6 is 0 Å². The molecular formula is C28H32N2O4. The van der Waals surface area contributed by atoms with Crippen molar-refractivity contribution in [2.45, 2.75) is 37.5 Å². The number of rotatable bonds is 7. The Morgan fingerprint density at radius 3 is 2.38 bits per heavy atom. The Balaban J connectivity index is 1.55. The van der Waals surface area contributed by atoms with Gasteiger partial charge in [0.25, 0.3) is 5.56 Å². The Kier molecular flexibility index (Phi) is 6.75. The van der Waals surface area contributed by atoms with Crippen LogP contribution in [0.4, 0.5) is 0 Å². The van der Waals surface area contributed by atoms with Crippen LogP contribution in [0.2, 0.25) is 0 Å². The molecule has 3 atom stereocenters. The van der Waals surface area contributed by atoms with Gasteiger partial charge in [-0.05, 0) is 48.2 Å². The number of hydrogen-bond donors (Lipinski definition) is 2. The summed E-state index contributed by atoms with van der Waals surface area (Å²) in [4.78, 5) is 14.1. The molecule has 0 radical (unpaired) electrons. The van der Waals surface area contributed by atoms with Crippen LogP contribution in [0.25, 0.3) is 11.1 Å². The van der Waals surface area contributed by atoms with Gasteiger partial charge in [0.1, 0.15) is 12.3 Å². The van der Waals surface area contributed by atoms with Gasteiger partial charge >= 0.3 is 0 Å². The van der Waals surface area contributed by atoms with Gasteiger partial charge in [0, 0.05) is 31.9 Å². The maximum Gasteiger partial charge on any atom is 0.250 e. The second-order valence-corrected chi connectivity index (χ2v) is 9.35. The first kappa shape index (κ1) is 24.0. The van der Waals surface area contributed by atoms with Crippen molar-refractivity contribution < 1.29 is 14.9 Å². The fourth-order valence-electron chi connectivity index (χ4n) is 4.35. The molecule has 0 spiro atoms. The topological polar surface area (TPSA) is 74.9 Å². The summed E-state index contributed by atoms with van der Waals surface area (Å²) in [5.41, 5.74) is 1.81. The van der Waals surface area contributed by atoms with Crippen LogP contribution in [-0.2, 0) is 17.4 Å². The molecule has 4 rings (SSSR count). The summed E-state index contributed by atoms with van der Waals surface area (Å²) in [5, 5.41) is 20.3. The summed E-state index contributed by atoms with van der Waals surface area (Å²) in [5.74, 6) is 0. The number of nitrogens with zero attached hydrogens (tertiary/aromatic N) is 2. The SMILES string of the molecule is C[C@@H](c1ccc(-c2ccn(C)c(=O)c2)cc1)N1C=CC(CC(C)(O)CO)(c2ccccc2)OC1. The van der Waals surface area contributed by atoms with E-state index in [2.05, 4.69) is 24.0 Å². The lowest BCUT2D eigenvalue weighted by atomic mass is 9.82. The van der Waals surface area contributed by atoms with Gasteiger partial charge < -0.3 is 24.4 Å². The Hall–Kier alpha value is -3.19. The van der Waals surface area contributed by atoms with E-state index < -0.39 is 11.2 Å². The fraction of sp³-hybridized carbons (Fsp3) is 0.321. The summed E-state index contributed by atoms with van der Waals surface area (Å²) in [6, 6.07) is 21.6. The molecule has 0 fully saturated rings. The van der Waals surface area contributed by atoms with Crippen molar-refractivity contribution >= 4 is 0 Å². The quantitative estimate of drug-likeness (QED) is 0.559. The molecule has 178 valence electrons. The molecule has 6 heteroatoms. The molecule has 6 nitrogen and oxygen atoms in total. The average Bonchev–Trinajstić information content (AvgIpc) is 2.86. The van der Waals surface area contributed by atoms with Crippen molar-refractivity contribution in [3.05, 3.63) is 107 Å². The third-order valence-electron chi connectivity index (χ3n) is 6.58. The van der Waals surface area contributed by atoms with E-state index in [1.54, 1.807) is 30.8 Å². The number of aromatic nitrogens is 1. The monoisotopic (exact) mass is 460 g/mol. The van der Waals surface area contributed by atoms with Crippen LogP contribution < -0.4 is 5.56 Å². The summed E-state index contributed by atoms with van der Waals surface area (Å²) in [7, 11) is 1.74. The number of pyridine rings is 1. The lowest BCUT2D eigenvalue weighted by Crippen LogP contribution is -2.45. The molecule has 2 unspecified atom stereocenters. The van der Waals surface area contributed by atoms with Gasteiger partial charge in [-0.15, -0.1) is 0 Å². The summed E-state index contributed by atoms with van der Waals surface area (Å²) in [6.07, 6.45) is 6.01. The van der Waals surface area contributed by atoms with Crippen molar-refractivity contribution in [1.29, 1.82) is 0 Å². The molecule has 0 saturated heterocycles. The summed E-state index contributed by atoms with van der Waals surface area (Å²) >= 11 is 0. The molecule has 0 aliphatic carbocycles. The van der Waals surface area contributed by atoms with Crippen molar-refractivity contribution in [2.75, 3.05) is 13.3 Å². The lowest BCUT2D eigenvalue weighted by Gasteiger charge is -2.43. The highest BCUT2D eigenvalue weighted by Gasteiger charge is 2.40. The van der Waals surface area contributed by atoms with E-state index in [0.717, 1.165) is 22.3 Å². The molecule has 1 aliphatic heterocycles. The van der Waals surface area contributed by atoms with Gasteiger partial charge in [0.05, 0.1) is 18.2 Å². The molecule has 2 aromatic carbocycles. The number of aliphatic hydroxyl groups is 2. The molecule has 1 aromatic heterocycles. The minimum absolute atomic E-state index is 0.0346. The Labute approximate surface area is 200 Å². The first-order valence-electron chi connectivity index (χ1n) is 11.5. The van der Waals surface area contributed by atoms with Gasteiger partial charge in [-0.3, -0.25) is 4.79 Å². The molecule has 0 saturated carbocycles. The first-order valence-corrected chi connectivity index (χ1v) is 11.5. The zero-order chi connectivity index (χ0) is 24.3. The van der Waals surface area contributed by atoms with E-state index >= 15 is 0 Å². The van der Waals surface area contributed by atoms with E-state index in [9.17, 15) is 15.0 Å². The second kappa shape index (κ2) is 9.58. The molecule has 2 N–H and O–H groups in total. The van der Waals surface area contributed by atoms with Gasteiger partial charge in [-0.1, -0.05) is 54.6 Å². The Bertz CT molecular complexity index is 1200. The van der Waals surface area contributed by atoms with Gasteiger partial charge in [0.15, 0.2) is 0 Å². The summed E-state index contributed by atoms with van der Waals surface area (Å²) in [6.45, 7) is 3.72. The van der Waals surface area contributed by atoms with Crippen LogP contribution in [0.5, 0.6) is 0 Å². The van der Waals surface area contributed by atoms with E-state index in [1.807, 2.05) is 60.8 Å². The molecule has 0 amide bonds. The zero-order valence-corrected chi connectivity index (χ0v) is 19.9. The number of hydrogen-bond acceptors (Lipinski definition) is 5. The third-order valence-corrected chi connectivity index (χ3v) is 6.58. The van der Waals surface area contributed by atoms with E-state index in [1.165, 1.54) is 0 Å². The van der Waals surface area contributed by atoms with Gasteiger partial charge in [-0.25, -0.2) is 0 Å². The highest BCUT2D eigenvalue weighted by molar-refractivity contribution is 5.63. The summed E-state index contributed by atoms with van der Waals surface area (Å²) < 4.78 is 7.95. The van der Waals surface area contributed by atoms with Crippen molar-refractivity contribution in [2.24, 2.45) is 7.05 Å². The lowest BCUT2D eigenvalue weighted by molar-refractivity contribution is -0.128. The average molecular weight is 461 g/mol. The number of aliphatic hydroxyl groups excluding tert-OH is 1. The number of ether oxygens (including phenoxy) is 1. The van der Waals surface area contributed by atoms with Crippen LogP contribution in [0, 0.1) is 0 Å². The maximum atomic E-state index is 12.0. The fourth-order valence-corrected chi connectivity index (χ4v) is 4.35. The molecule has 2 heterocycles. The third kappa shape index (κ3) is 4.99. The standard InChI is InChI=1S/C28H32N2O4/c1-21(22-9-11-23(12-10-22)24-13-15-29(3)26(32)17-24)30-16-14-28(34-20-30,18-27(2,33)19-31)25-7-5-4-6-8-25/h4-17,21,31,33H,18-20H2,1-3H3/t21-,27?,28?/m0/s1. The maximum absolute atomic E-state index is 12.0. The van der Waals surface area contributed by atoms with Crippen LogP contribution in [-0.4, -0.2) is 38.6 Å². The predicted molar refractivity (Wildman–Crippen MR) is 133 cm³/mol. The minimum Gasteiger partial charge on any atom is -0.393 e. The van der Waals surface area contributed by atoms with Crippen LogP contribution in [0.3, 0.4) is 0 Å². The van der Waals surface area contributed by atoms with Crippen molar-refractivity contribution in [3.63, 3.8) is 0 Å². The highest BCUT2D eigenvalue weighted by atomic mass is 16.5. The Morgan fingerprint density at radius 2 is 1.79 bits per heavy atom. The molecule has 3 aromatic rings. The van der Waals surface area contributed by atoms with Crippen molar-refractivity contribution in [3.8, 4) is 11.1 Å². The first-order chi connectivity index (χ1) is 16.2. The molecule has 0 bridgehead atoms. The van der Waals surface area contributed by atoms with E-state index in [0.29, 0.717) is 6.73 Å². The highest BCUT2D eigenvalue weighted by Crippen LogP contribution is 2.39. The number of benzene rings is 2. The molecule has 1 aliphatic rings. The largest absolute Gasteiger partial charge is 0.393 e. The van der Waals surface area contributed by atoms with E-state index in [4.69, 9.17) is 4.74 Å². The van der Waals surface area contributed by atoms with E-state index in [-0.39, 0.29) is 24.6 Å². The smallest absolute Gasteiger partial charge is 0.250 e. The normalized spacial score (nSPS) is 20.7. The molecule has 34 heavy (non-hydrogen) atoms. The van der Waals surface area contributed by atoms with Crippen LogP contribution in [0.15, 0.2) is 90.0 Å². The second-order valence-electron chi connectivity index (χ2n) is 9.35. The Morgan fingerprint density at radius 1 is 1.09 bits per heavy atom. The minimum atomic E-state index is -1.28.